The molecule has 0 saturated carbocycles. The van der Waals surface area contributed by atoms with Gasteiger partial charge in [0, 0.05) is 25.5 Å². The number of sulfonamides is 1. The normalized spacial score (nSPS) is 11.5. The van der Waals surface area contributed by atoms with Crippen LogP contribution in [0, 0.1) is 0 Å². The van der Waals surface area contributed by atoms with E-state index >= 15 is 0 Å². The maximum Gasteiger partial charge on any atom is 0.304 e. The minimum absolute atomic E-state index is 0.221. The van der Waals surface area contributed by atoms with Crippen molar-refractivity contribution < 1.29 is 18.3 Å². The number of aliphatic carboxylic acids is 1. The first-order chi connectivity index (χ1) is 7.49. The molecule has 1 heterocycles. The zero-order valence-electron chi connectivity index (χ0n) is 8.54. The summed E-state index contributed by atoms with van der Waals surface area (Å²) in [6.07, 6.45) is 4.50. The van der Waals surface area contributed by atoms with Gasteiger partial charge < -0.3 is 9.67 Å². The summed E-state index contributed by atoms with van der Waals surface area (Å²) in [4.78, 5) is 14.0. The van der Waals surface area contributed by atoms with Crippen molar-refractivity contribution in [2.75, 3.05) is 12.3 Å². The van der Waals surface area contributed by atoms with Crippen molar-refractivity contribution in [1.82, 2.24) is 14.3 Å². The SMILES string of the molecule is O=C(O)CCS(=O)(=O)NCCn1ccnc1. The Morgan fingerprint density at radius 1 is 1.50 bits per heavy atom. The molecule has 7 nitrogen and oxygen atoms in total. The second-order valence-corrected chi connectivity index (χ2v) is 5.08. The summed E-state index contributed by atoms with van der Waals surface area (Å²) in [5.41, 5.74) is 0. The van der Waals surface area contributed by atoms with Crippen molar-refractivity contribution in [3.05, 3.63) is 18.7 Å². The molecule has 16 heavy (non-hydrogen) atoms. The largest absolute Gasteiger partial charge is 0.481 e. The second-order valence-electron chi connectivity index (χ2n) is 3.16. The summed E-state index contributed by atoms with van der Waals surface area (Å²) in [6, 6.07) is 0. The molecular formula is C8H13N3O4S. The van der Waals surface area contributed by atoms with Gasteiger partial charge in [0.2, 0.25) is 10.0 Å². The first-order valence-corrected chi connectivity index (χ1v) is 6.30. The molecule has 90 valence electrons. The van der Waals surface area contributed by atoms with Gasteiger partial charge in [0.1, 0.15) is 0 Å². The van der Waals surface area contributed by atoms with Gasteiger partial charge in [0.05, 0.1) is 18.5 Å². The molecule has 0 aliphatic carbocycles. The lowest BCUT2D eigenvalue weighted by Crippen LogP contribution is -2.30. The molecule has 0 unspecified atom stereocenters. The highest BCUT2D eigenvalue weighted by Gasteiger charge is 2.11. The molecule has 0 amide bonds. The molecule has 1 aromatic rings. The summed E-state index contributed by atoms with van der Waals surface area (Å²) in [5, 5.41) is 8.35. The van der Waals surface area contributed by atoms with Crippen LogP contribution in [0.4, 0.5) is 0 Å². The number of nitrogens with one attached hydrogen (secondary N) is 1. The molecule has 2 N–H and O–H groups in total. The predicted molar refractivity (Wildman–Crippen MR) is 56.3 cm³/mol. The Balaban J connectivity index is 2.28. The highest BCUT2D eigenvalue weighted by molar-refractivity contribution is 7.89. The fourth-order valence-electron chi connectivity index (χ4n) is 1.04. The third-order valence-corrected chi connectivity index (χ3v) is 3.22. The van der Waals surface area contributed by atoms with Gasteiger partial charge in [-0.05, 0) is 0 Å². The van der Waals surface area contributed by atoms with Gasteiger partial charge in [-0.1, -0.05) is 0 Å². The Labute approximate surface area is 93.2 Å². The van der Waals surface area contributed by atoms with E-state index < -0.39 is 21.7 Å². The number of nitrogens with zero attached hydrogens (tertiary/aromatic N) is 2. The van der Waals surface area contributed by atoms with Crippen LogP contribution >= 0.6 is 0 Å². The van der Waals surface area contributed by atoms with E-state index in [1.165, 1.54) is 0 Å². The van der Waals surface area contributed by atoms with Crippen LogP contribution in [0.25, 0.3) is 0 Å². The van der Waals surface area contributed by atoms with Crippen LogP contribution < -0.4 is 4.72 Å². The van der Waals surface area contributed by atoms with Crippen LogP contribution in [0.3, 0.4) is 0 Å². The summed E-state index contributed by atoms with van der Waals surface area (Å²) in [5.74, 6) is -1.52. The maximum absolute atomic E-state index is 11.3. The molecule has 0 spiro atoms. The van der Waals surface area contributed by atoms with Crippen molar-refractivity contribution in [3.63, 3.8) is 0 Å². The van der Waals surface area contributed by atoms with E-state index in [9.17, 15) is 13.2 Å². The Kier molecular flexibility index (Phi) is 4.44. The molecule has 0 aliphatic heterocycles. The Morgan fingerprint density at radius 2 is 2.25 bits per heavy atom. The molecule has 0 radical (unpaired) electrons. The van der Waals surface area contributed by atoms with Crippen molar-refractivity contribution in [2.24, 2.45) is 0 Å². The van der Waals surface area contributed by atoms with E-state index in [-0.39, 0.29) is 13.0 Å². The van der Waals surface area contributed by atoms with Crippen LogP contribution in [-0.2, 0) is 21.4 Å². The predicted octanol–water partition coefficient (Wildman–Crippen LogP) is -0.723. The zero-order valence-corrected chi connectivity index (χ0v) is 9.35. The summed E-state index contributed by atoms with van der Waals surface area (Å²) in [7, 11) is -3.49. The standard InChI is InChI=1S/C8H13N3O4S/c12-8(13)1-6-16(14,15)10-3-5-11-4-2-9-7-11/h2,4,7,10H,1,3,5-6H2,(H,12,13). The number of carboxylic acids is 1. The van der Waals surface area contributed by atoms with E-state index in [0.717, 1.165) is 0 Å². The van der Waals surface area contributed by atoms with Crippen LogP contribution in [0.15, 0.2) is 18.7 Å². The van der Waals surface area contributed by atoms with Gasteiger partial charge in [-0.3, -0.25) is 4.79 Å². The van der Waals surface area contributed by atoms with Crippen molar-refractivity contribution in [3.8, 4) is 0 Å². The second kappa shape index (κ2) is 5.61. The molecule has 0 bridgehead atoms. The number of aromatic nitrogens is 2. The van der Waals surface area contributed by atoms with Gasteiger partial charge in [0.15, 0.2) is 0 Å². The fraction of sp³-hybridized carbons (Fsp3) is 0.500. The highest BCUT2D eigenvalue weighted by atomic mass is 32.2. The fourth-order valence-corrected chi connectivity index (χ4v) is 2.03. The van der Waals surface area contributed by atoms with Crippen LogP contribution in [0.5, 0.6) is 0 Å². The molecule has 0 saturated heterocycles. The maximum atomic E-state index is 11.3. The number of carbonyl (C=O) groups is 1. The Morgan fingerprint density at radius 3 is 2.81 bits per heavy atom. The van der Waals surface area contributed by atoms with Gasteiger partial charge in [0.25, 0.3) is 0 Å². The monoisotopic (exact) mass is 247 g/mol. The number of carboxylic acid groups (broad SMARTS) is 1. The Hall–Kier alpha value is -1.41. The number of imidazole rings is 1. The molecule has 0 atom stereocenters. The quantitative estimate of drug-likeness (QED) is 0.662. The average molecular weight is 247 g/mol. The van der Waals surface area contributed by atoms with Gasteiger partial charge in [-0.15, -0.1) is 0 Å². The molecule has 0 aromatic carbocycles. The smallest absolute Gasteiger partial charge is 0.304 e. The van der Waals surface area contributed by atoms with Crippen molar-refractivity contribution in [1.29, 1.82) is 0 Å². The third-order valence-electron chi connectivity index (χ3n) is 1.84. The van der Waals surface area contributed by atoms with Gasteiger partial charge in [-0.2, -0.15) is 0 Å². The summed E-state index contributed by atoms with van der Waals surface area (Å²) >= 11 is 0. The minimum Gasteiger partial charge on any atom is -0.481 e. The molecule has 1 aromatic heterocycles. The van der Waals surface area contributed by atoms with E-state index in [4.69, 9.17) is 5.11 Å². The molecule has 8 heteroatoms. The molecule has 0 aliphatic rings. The highest BCUT2D eigenvalue weighted by Crippen LogP contribution is 1.90. The number of rotatable bonds is 7. The summed E-state index contributed by atoms with van der Waals surface area (Å²) in [6.45, 7) is 0.685. The van der Waals surface area contributed by atoms with E-state index in [1.54, 1.807) is 23.3 Å². The van der Waals surface area contributed by atoms with Crippen LogP contribution in [0.1, 0.15) is 6.42 Å². The van der Waals surface area contributed by atoms with Gasteiger partial charge in [-0.25, -0.2) is 18.1 Å². The van der Waals surface area contributed by atoms with Crippen molar-refractivity contribution in [2.45, 2.75) is 13.0 Å². The lowest BCUT2D eigenvalue weighted by atomic mass is 10.5. The van der Waals surface area contributed by atoms with E-state index in [2.05, 4.69) is 9.71 Å². The molecule has 0 fully saturated rings. The lowest BCUT2D eigenvalue weighted by Gasteiger charge is -2.05. The van der Waals surface area contributed by atoms with Crippen LogP contribution in [0.2, 0.25) is 0 Å². The first kappa shape index (κ1) is 12.7. The lowest BCUT2D eigenvalue weighted by molar-refractivity contribution is -0.136. The molecular weight excluding hydrogens is 234 g/mol. The van der Waals surface area contributed by atoms with Crippen LogP contribution in [-0.4, -0.2) is 41.3 Å². The Bertz CT molecular complexity index is 426. The number of hydrogen-bond donors (Lipinski definition) is 2. The van der Waals surface area contributed by atoms with E-state index in [0.29, 0.717) is 6.54 Å². The average Bonchev–Trinajstić information content (AvgIpc) is 2.68. The van der Waals surface area contributed by atoms with Crippen molar-refractivity contribution >= 4 is 16.0 Å². The first-order valence-electron chi connectivity index (χ1n) is 4.64. The van der Waals surface area contributed by atoms with Gasteiger partial charge >= 0.3 is 5.97 Å². The molecule has 1 rings (SSSR count). The number of hydrogen-bond acceptors (Lipinski definition) is 4. The summed E-state index contributed by atoms with van der Waals surface area (Å²) < 4.78 is 26.6. The zero-order chi connectivity index (χ0) is 12.0. The minimum atomic E-state index is -3.49. The topological polar surface area (TPSA) is 101 Å². The third kappa shape index (κ3) is 4.89. The van der Waals surface area contributed by atoms with E-state index in [1.807, 2.05) is 0 Å².